The highest BCUT2D eigenvalue weighted by molar-refractivity contribution is 7.12. The summed E-state index contributed by atoms with van der Waals surface area (Å²) in [6, 6.07) is 13.7. The van der Waals surface area contributed by atoms with Crippen LogP contribution in [0.15, 0.2) is 58.3 Å². The highest BCUT2D eigenvalue weighted by Gasteiger charge is 2.14. The monoisotopic (exact) mass is 346 g/mol. The summed E-state index contributed by atoms with van der Waals surface area (Å²) in [7, 11) is 0. The predicted molar refractivity (Wildman–Crippen MR) is 88.4 cm³/mol. The summed E-state index contributed by atoms with van der Waals surface area (Å²) in [4.78, 5) is 24.2. The third-order valence-electron chi connectivity index (χ3n) is 2.99. The van der Waals surface area contributed by atoms with Gasteiger partial charge in [-0.05, 0) is 47.8 Å². The largest absolute Gasteiger partial charge is 0.451 e. The standard InChI is InChI=1S/C16H11ClN2O3S/c17-11-5-3-10(4-6-11)12-7-8-13(22-12)15(20)18-19-16(21)14-2-1-9-23-14/h1-9H,(H,18,20)(H,19,21). The Balaban J connectivity index is 1.64. The molecule has 23 heavy (non-hydrogen) atoms. The number of nitrogens with one attached hydrogen (secondary N) is 2. The van der Waals surface area contributed by atoms with Crippen LogP contribution in [0.3, 0.4) is 0 Å². The van der Waals surface area contributed by atoms with E-state index < -0.39 is 5.91 Å². The lowest BCUT2D eigenvalue weighted by Crippen LogP contribution is -2.41. The molecule has 2 amide bonds. The van der Waals surface area contributed by atoms with Crippen molar-refractivity contribution in [2.24, 2.45) is 0 Å². The number of amides is 2. The van der Waals surface area contributed by atoms with Crippen LogP contribution in [0, 0.1) is 0 Å². The first kappa shape index (κ1) is 15.3. The van der Waals surface area contributed by atoms with Gasteiger partial charge in [0.1, 0.15) is 5.76 Å². The first-order chi connectivity index (χ1) is 11.1. The summed E-state index contributed by atoms with van der Waals surface area (Å²) >= 11 is 7.12. The van der Waals surface area contributed by atoms with Crippen molar-refractivity contribution in [1.82, 2.24) is 10.9 Å². The van der Waals surface area contributed by atoms with Crippen molar-refractivity contribution in [2.75, 3.05) is 0 Å². The fourth-order valence-electron chi connectivity index (χ4n) is 1.87. The summed E-state index contributed by atoms with van der Waals surface area (Å²) in [6.07, 6.45) is 0. The van der Waals surface area contributed by atoms with E-state index in [-0.39, 0.29) is 11.7 Å². The number of hydrazine groups is 1. The molecule has 1 aromatic carbocycles. The van der Waals surface area contributed by atoms with E-state index >= 15 is 0 Å². The Morgan fingerprint density at radius 1 is 0.957 bits per heavy atom. The minimum Gasteiger partial charge on any atom is -0.451 e. The number of rotatable bonds is 3. The third-order valence-corrected chi connectivity index (χ3v) is 4.11. The SMILES string of the molecule is O=C(NNC(=O)c1cccs1)c1ccc(-c2ccc(Cl)cc2)o1. The zero-order valence-electron chi connectivity index (χ0n) is 11.7. The van der Waals surface area contributed by atoms with Crippen LogP contribution < -0.4 is 10.9 Å². The smallest absolute Gasteiger partial charge is 0.305 e. The Morgan fingerprint density at radius 2 is 1.70 bits per heavy atom. The van der Waals surface area contributed by atoms with Crippen molar-refractivity contribution in [3.8, 4) is 11.3 Å². The van der Waals surface area contributed by atoms with Crippen LogP contribution in [0.25, 0.3) is 11.3 Å². The topological polar surface area (TPSA) is 71.3 Å². The molecule has 5 nitrogen and oxygen atoms in total. The zero-order valence-corrected chi connectivity index (χ0v) is 13.3. The molecule has 0 fully saturated rings. The van der Waals surface area contributed by atoms with Crippen LogP contribution in [0.1, 0.15) is 20.2 Å². The Bertz CT molecular complexity index is 825. The minimum atomic E-state index is -0.532. The van der Waals surface area contributed by atoms with Crippen LogP contribution >= 0.6 is 22.9 Å². The van der Waals surface area contributed by atoms with Gasteiger partial charge >= 0.3 is 5.91 Å². The van der Waals surface area contributed by atoms with Gasteiger partial charge in [0.2, 0.25) is 0 Å². The van der Waals surface area contributed by atoms with Gasteiger partial charge in [-0.1, -0.05) is 17.7 Å². The van der Waals surface area contributed by atoms with Gasteiger partial charge in [-0.2, -0.15) is 0 Å². The van der Waals surface area contributed by atoms with Gasteiger partial charge in [0.25, 0.3) is 5.91 Å². The number of halogens is 1. The molecular weight excluding hydrogens is 336 g/mol. The van der Waals surface area contributed by atoms with Gasteiger partial charge in [-0.15, -0.1) is 11.3 Å². The lowest BCUT2D eigenvalue weighted by Gasteiger charge is -2.04. The van der Waals surface area contributed by atoms with Crippen molar-refractivity contribution in [1.29, 1.82) is 0 Å². The quantitative estimate of drug-likeness (QED) is 0.710. The molecule has 2 heterocycles. The molecule has 0 bridgehead atoms. The first-order valence-corrected chi connectivity index (χ1v) is 7.89. The normalized spacial score (nSPS) is 10.3. The highest BCUT2D eigenvalue weighted by atomic mass is 35.5. The summed E-state index contributed by atoms with van der Waals surface area (Å²) in [5.41, 5.74) is 5.45. The molecule has 0 aliphatic heterocycles. The van der Waals surface area contributed by atoms with Gasteiger partial charge in [0.05, 0.1) is 4.88 Å². The molecule has 2 aromatic heterocycles. The van der Waals surface area contributed by atoms with Gasteiger partial charge in [0.15, 0.2) is 5.76 Å². The fourth-order valence-corrected chi connectivity index (χ4v) is 2.62. The molecule has 2 N–H and O–H groups in total. The van der Waals surface area contributed by atoms with Gasteiger partial charge in [-0.3, -0.25) is 20.4 Å². The Kier molecular flexibility index (Phi) is 4.45. The van der Waals surface area contributed by atoms with E-state index in [4.69, 9.17) is 16.0 Å². The molecule has 0 saturated carbocycles. The lowest BCUT2D eigenvalue weighted by atomic mass is 10.2. The highest BCUT2D eigenvalue weighted by Crippen LogP contribution is 2.23. The number of carbonyl (C=O) groups excluding carboxylic acids is 2. The molecule has 116 valence electrons. The number of hydrogen-bond donors (Lipinski definition) is 2. The van der Waals surface area contributed by atoms with Gasteiger partial charge in [0, 0.05) is 10.6 Å². The summed E-state index contributed by atoms with van der Waals surface area (Å²) in [5.74, 6) is -0.272. The number of hydrogen-bond acceptors (Lipinski definition) is 4. The Hall–Kier alpha value is -2.57. The molecule has 0 aliphatic rings. The molecule has 7 heteroatoms. The van der Waals surface area contributed by atoms with Crippen LogP contribution in [0.4, 0.5) is 0 Å². The summed E-state index contributed by atoms with van der Waals surface area (Å²) in [5, 5.41) is 2.40. The predicted octanol–water partition coefficient (Wildman–Crippen LogP) is 3.74. The van der Waals surface area contributed by atoms with E-state index in [1.165, 1.54) is 17.4 Å². The van der Waals surface area contributed by atoms with E-state index in [0.29, 0.717) is 15.7 Å². The minimum absolute atomic E-state index is 0.0985. The number of benzene rings is 1. The number of thiophene rings is 1. The molecule has 0 radical (unpaired) electrons. The maximum Gasteiger partial charge on any atom is 0.305 e. The molecule has 0 unspecified atom stereocenters. The Morgan fingerprint density at radius 3 is 2.39 bits per heavy atom. The second-order valence-electron chi connectivity index (χ2n) is 4.56. The second-order valence-corrected chi connectivity index (χ2v) is 5.94. The third kappa shape index (κ3) is 3.61. The summed E-state index contributed by atoms with van der Waals surface area (Å²) in [6.45, 7) is 0. The number of furan rings is 1. The fraction of sp³-hybridized carbons (Fsp3) is 0. The van der Waals surface area contributed by atoms with Crippen molar-refractivity contribution in [3.05, 3.63) is 69.6 Å². The molecule has 0 atom stereocenters. The average molecular weight is 347 g/mol. The first-order valence-electron chi connectivity index (χ1n) is 6.63. The maximum absolute atomic E-state index is 12.0. The van der Waals surface area contributed by atoms with Crippen molar-refractivity contribution >= 4 is 34.8 Å². The Labute approximate surface area is 140 Å². The van der Waals surface area contributed by atoms with Gasteiger partial charge < -0.3 is 4.42 Å². The molecular formula is C16H11ClN2O3S. The molecule has 3 aromatic rings. The van der Waals surface area contributed by atoms with Crippen LogP contribution in [-0.4, -0.2) is 11.8 Å². The number of carbonyl (C=O) groups is 2. The van der Waals surface area contributed by atoms with Crippen LogP contribution in [-0.2, 0) is 0 Å². The molecule has 0 saturated heterocycles. The summed E-state index contributed by atoms with van der Waals surface area (Å²) < 4.78 is 5.49. The van der Waals surface area contributed by atoms with Crippen LogP contribution in [0.5, 0.6) is 0 Å². The van der Waals surface area contributed by atoms with Crippen molar-refractivity contribution in [2.45, 2.75) is 0 Å². The molecule has 0 aliphatic carbocycles. The van der Waals surface area contributed by atoms with Gasteiger partial charge in [-0.25, -0.2) is 0 Å². The maximum atomic E-state index is 12.0. The van der Waals surface area contributed by atoms with E-state index in [2.05, 4.69) is 10.9 Å². The average Bonchev–Trinajstić information content (AvgIpc) is 3.24. The van der Waals surface area contributed by atoms with E-state index in [9.17, 15) is 9.59 Å². The van der Waals surface area contributed by atoms with Crippen molar-refractivity contribution < 1.29 is 14.0 Å². The van der Waals surface area contributed by atoms with E-state index in [1.807, 2.05) is 0 Å². The zero-order chi connectivity index (χ0) is 16.2. The van der Waals surface area contributed by atoms with Crippen molar-refractivity contribution in [3.63, 3.8) is 0 Å². The van der Waals surface area contributed by atoms with E-state index in [0.717, 1.165) is 5.56 Å². The van der Waals surface area contributed by atoms with E-state index in [1.54, 1.807) is 47.8 Å². The van der Waals surface area contributed by atoms with Crippen LogP contribution in [0.2, 0.25) is 5.02 Å². The molecule has 0 spiro atoms. The molecule has 3 rings (SSSR count). The second kappa shape index (κ2) is 6.68. The lowest BCUT2D eigenvalue weighted by molar-refractivity contribution is 0.0833.